The number of allylic oxidation sites excluding steroid dienone is 2. The number of fused-ring (bicyclic) bond motifs is 4. The van der Waals surface area contributed by atoms with Crippen LogP contribution in [0.25, 0.3) is 6.08 Å². The SMILES string of the molecule is C=Cc1ccc(N2C(=O)[C@H]3[C@H](CC=C4[C@H]3C[C@H]3C(=O)N(Nc5ccc(C)cc5)C(=O)[C@@]3(c3ccccc3)[C@H]4c3cc(C)c(O)c(C)c3)C2=O)cc1. The van der Waals surface area contributed by atoms with Gasteiger partial charge < -0.3 is 5.11 Å². The van der Waals surface area contributed by atoms with E-state index < -0.39 is 35.0 Å². The number of hydrazine groups is 1. The van der Waals surface area contributed by atoms with E-state index in [2.05, 4.69) is 18.1 Å². The number of amides is 4. The molecule has 3 fully saturated rings. The van der Waals surface area contributed by atoms with Crippen molar-refractivity contribution in [1.29, 1.82) is 0 Å². The number of imide groups is 2. The number of aryl methyl sites for hydroxylation is 3. The third-order valence-electron chi connectivity index (χ3n) is 11.6. The number of carbonyl (C=O) groups excluding carboxylic acids is 4. The number of aromatic hydroxyl groups is 1. The van der Waals surface area contributed by atoms with E-state index >= 15 is 4.79 Å². The Morgan fingerprint density at radius 2 is 1.49 bits per heavy atom. The minimum absolute atomic E-state index is 0.167. The van der Waals surface area contributed by atoms with Crippen LogP contribution in [0.4, 0.5) is 11.4 Å². The Kier molecular flexibility index (Phi) is 7.59. The summed E-state index contributed by atoms with van der Waals surface area (Å²) in [6.45, 7) is 9.43. The Labute approximate surface area is 297 Å². The zero-order chi connectivity index (χ0) is 35.8. The van der Waals surface area contributed by atoms with Crippen molar-refractivity contribution in [3.63, 3.8) is 0 Å². The summed E-state index contributed by atoms with van der Waals surface area (Å²) in [4.78, 5) is 60.0. The fraction of sp³-hybridized carbons (Fsp3) is 0.256. The maximum absolute atomic E-state index is 15.3. The fourth-order valence-electron chi connectivity index (χ4n) is 9.29. The van der Waals surface area contributed by atoms with Gasteiger partial charge in [0.1, 0.15) is 5.75 Å². The molecular weight excluding hydrogens is 638 g/mol. The molecule has 51 heavy (non-hydrogen) atoms. The van der Waals surface area contributed by atoms with Crippen LogP contribution in [0, 0.1) is 44.4 Å². The first-order valence-electron chi connectivity index (χ1n) is 17.4. The number of anilines is 2. The number of hydrogen-bond donors (Lipinski definition) is 2. The molecular formula is C43H39N3O5. The van der Waals surface area contributed by atoms with Gasteiger partial charge in [-0.3, -0.25) is 29.5 Å². The summed E-state index contributed by atoms with van der Waals surface area (Å²) in [5.74, 6) is -4.41. The quantitative estimate of drug-likeness (QED) is 0.166. The lowest BCUT2D eigenvalue weighted by Gasteiger charge is -2.50. The highest BCUT2D eigenvalue weighted by atomic mass is 16.3. The van der Waals surface area contributed by atoms with Crippen molar-refractivity contribution in [2.75, 3.05) is 10.3 Å². The van der Waals surface area contributed by atoms with Gasteiger partial charge in [0.2, 0.25) is 11.8 Å². The van der Waals surface area contributed by atoms with Gasteiger partial charge in [0.25, 0.3) is 11.8 Å². The largest absolute Gasteiger partial charge is 0.507 e. The third kappa shape index (κ3) is 4.73. The Morgan fingerprint density at radius 1 is 0.824 bits per heavy atom. The summed E-state index contributed by atoms with van der Waals surface area (Å²) >= 11 is 0. The average Bonchev–Trinajstić information content (AvgIpc) is 3.52. The number of benzene rings is 4. The molecule has 4 aromatic rings. The van der Waals surface area contributed by atoms with Crippen molar-refractivity contribution >= 4 is 41.1 Å². The Morgan fingerprint density at radius 3 is 2.14 bits per heavy atom. The molecule has 2 heterocycles. The van der Waals surface area contributed by atoms with Crippen LogP contribution in [0.5, 0.6) is 5.75 Å². The van der Waals surface area contributed by atoms with Crippen LogP contribution in [0.15, 0.2) is 109 Å². The standard InChI is InChI=1S/C43H39N3O5/c1-5-27-13-17-31(18-14-27)45-39(48)33-20-19-32-34(36(33)41(45)50)23-35-40(49)46(44-30-15-11-24(2)12-16-30)42(51)43(35,29-9-7-6-8-10-29)37(32)28-21-25(3)38(47)26(4)22-28/h5-19,21-22,33-37,44,47H,1,20,23H2,2-4H3/t33-,34+,35-,36-,37-,43+/m0/s1. The molecule has 4 aliphatic rings. The molecule has 0 radical (unpaired) electrons. The number of rotatable bonds is 6. The zero-order valence-corrected chi connectivity index (χ0v) is 28.8. The number of phenolic OH excluding ortho intramolecular Hbond substituents is 1. The summed E-state index contributed by atoms with van der Waals surface area (Å²) in [5.41, 5.74) is 8.44. The number of nitrogens with zero attached hydrogens (tertiary/aromatic N) is 2. The molecule has 2 N–H and O–H groups in total. The number of phenols is 1. The first-order chi connectivity index (χ1) is 24.6. The van der Waals surface area contributed by atoms with Crippen molar-refractivity contribution in [2.45, 2.75) is 44.9 Å². The molecule has 4 amide bonds. The van der Waals surface area contributed by atoms with E-state index in [-0.39, 0.29) is 35.8 Å². The molecule has 0 spiro atoms. The average molecular weight is 678 g/mol. The second-order valence-electron chi connectivity index (χ2n) is 14.4. The lowest BCUT2D eigenvalue weighted by atomic mass is 9.49. The number of hydrogen-bond acceptors (Lipinski definition) is 6. The fourth-order valence-corrected chi connectivity index (χ4v) is 9.29. The van der Waals surface area contributed by atoms with Crippen LogP contribution in [-0.4, -0.2) is 33.7 Å². The lowest BCUT2D eigenvalue weighted by Crippen LogP contribution is -2.53. The van der Waals surface area contributed by atoms with E-state index in [1.54, 1.807) is 18.2 Å². The highest BCUT2D eigenvalue weighted by Gasteiger charge is 2.70. The van der Waals surface area contributed by atoms with Gasteiger partial charge in [-0.15, -0.1) is 0 Å². The maximum atomic E-state index is 15.3. The van der Waals surface area contributed by atoms with Crippen molar-refractivity contribution in [2.24, 2.45) is 23.7 Å². The lowest BCUT2D eigenvalue weighted by molar-refractivity contribution is -0.138. The van der Waals surface area contributed by atoms with E-state index in [1.807, 2.05) is 99.6 Å². The smallest absolute Gasteiger partial charge is 0.260 e. The van der Waals surface area contributed by atoms with Gasteiger partial charge in [-0.25, -0.2) is 0 Å². The molecule has 0 bridgehead atoms. The van der Waals surface area contributed by atoms with Crippen molar-refractivity contribution < 1.29 is 24.3 Å². The van der Waals surface area contributed by atoms with Gasteiger partial charge in [0.15, 0.2) is 0 Å². The normalized spacial score (nSPS) is 26.8. The van der Waals surface area contributed by atoms with Gasteiger partial charge in [0, 0.05) is 5.92 Å². The van der Waals surface area contributed by atoms with E-state index in [4.69, 9.17) is 0 Å². The van der Waals surface area contributed by atoms with Crippen LogP contribution < -0.4 is 10.3 Å². The molecule has 2 aliphatic carbocycles. The van der Waals surface area contributed by atoms with Crippen molar-refractivity contribution in [3.8, 4) is 5.75 Å². The molecule has 1 saturated carbocycles. The van der Waals surface area contributed by atoms with Crippen LogP contribution >= 0.6 is 0 Å². The molecule has 256 valence electrons. The van der Waals surface area contributed by atoms with Crippen LogP contribution in [0.3, 0.4) is 0 Å². The van der Waals surface area contributed by atoms with E-state index in [9.17, 15) is 19.5 Å². The van der Waals surface area contributed by atoms with Crippen LogP contribution in [0.2, 0.25) is 0 Å². The third-order valence-corrected chi connectivity index (χ3v) is 11.6. The second-order valence-corrected chi connectivity index (χ2v) is 14.4. The molecule has 4 aromatic carbocycles. The Bertz CT molecular complexity index is 2130. The summed E-state index contributed by atoms with van der Waals surface area (Å²) in [6, 6.07) is 27.9. The van der Waals surface area contributed by atoms with E-state index in [0.29, 0.717) is 34.5 Å². The first-order valence-corrected chi connectivity index (χ1v) is 17.4. The molecule has 2 aliphatic heterocycles. The highest BCUT2D eigenvalue weighted by molar-refractivity contribution is 6.22. The Hall–Kier alpha value is -5.76. The molecule has 8 nitrogen and oxygen atoms in total. The van der Waals surface area contributed by atoms with Gasteiger partial charge in [-0.1, -0.05) is 96.6 Å². The summed E-state index contributed by atoms with van der Waals surface area (Å²) in [6.07, 6.45) is 4.31. The summed E-state index contributed by atoms with van der Waals surface area (Å²) in [7, 11) is 0. The number of nitrogens with one attached hydrogen (secondary N) is 1. The van der Waals surface area contributed by atoms with Gasteiger partial charge in [-0.05, 0) is 91.6 Å². The van der Waals surface area contributed by atoms with Gasteiger partial charge in [-0.2, -0.15) is 5.01 Å². The molecule has 0 aromatic heterocycles. The summed E-state index contributed by atoms with van der Waals surface area (Å²) < 4.78 is 0. The van der Waals surface area contributed by atoms with E-state index in [0.717, 1.165) is 22.3 Å². The van der Waals surface area contributed by atoms with E-state index in [1.165, 1.54) is 9.91 Å². The second kappa shape index (κ2) is 11.9. The van der Waals surface area contributed by atoms with Crippen LogP contribution in [0.1, 0.15) is 52.1 Å². The van der Waals surface area contributed by atoms with Crippen LogP contribution in [-0.2, 0) is 24.6 Å². The first kappa shape index (κ1) is 32.4. The molecule has 8 heteroatoms. The molecule has 8 rings (SSSR count). The zero-order valence-electron chi connectivity index (χ0n) is 28.8. The van der Waals surface area contributed by atoms with Gasteiger partial charge >= 0.3 is 0 Å². The minimum atomic E-state index is -1.37. The summed E-state index contributed by atoms with van der Waals surface area (Å²) in [5, 5.41) is 12.0. The molecule has 2 saturated heterocycles. The maximum Gasteiger partial charge on any atom is 0.260 e. The predicted octanol–water partition coefficient (Wildman–Crippen LogP) is 7.15. The van der Waals surface area contributed by atoms with Crippen molar-refractivity contribution in [1.82, 2.24) is 5.01 Å². The highest BCUT2D eigenvalue weighted by Crippen LogP contribution is 2.64. The monoisotopic (exact) mass is 677 g/mol. The number of carbonyl (C=O) groups is 4. The predicted molar refractivity (Wildman–Crippen MR) is 195 cm³/mol. The molecule has 0 unspecified atom stereocenters. The Balaban J connectivity index is 1.32. The molecule has 6 atom stereocenters. The van der Waals surface area contributed by atoms with Crippen molar-refractivity contribution in [3.05, 3.63) is 143 Å². The topological polar surface area (TPSA) is 107 Å². The minimum Gasteiger partial charge on any atom is -0.507 e. The van der Waals surface area contributed by atoms with Gasteiger partial charge in [0.05, 0.1) is 34.5 Å².